The maximum absolute atomic E-state index is 14.0. The van der Waals surface area contributed by atoms with E-state index in [4.69, 9.17) is 33.2 Å². The Morgan fingerprint density at radius 2 is 1.83 bits per heavy atom. The lowest BCUT2D eigenvalue weighted by Gasteiger charge is -2.29. The first-order valence-corrected chi connectivity index (χ1v) is 8.77. The molecule has 152 valence electrons. The highest BCUT2D eigenvalue weighted by molar-refractivity contribution is 6.34. The van der Waals surface area contributed by atoms with Gasteiger partial charge in [0.05, 0.1) is 5.71 Å². The molecule has 29 heavy (non-hydrogen) atoms. The third kappa shape index (κ3) is 4.15. The number of alkyl halides is 3. The van der Waals surface area contributed by atoms with Crippen LogP contribution in [0.3, 0.4) is 0 Å². The van der Waals surface area contributed by atoms with Crippen molar-refractivity contribution in [2.24, 2.45) is 10.3 Å². The van der Waals surface area contributed by atoms with E-state index in [0.29, 0.717) is 5.56 Å². The molecule has 6 nitrogen and oxygen atoms in total. The van der Waals surface area contributed by atoms with Gasteiger partial charge in [0.15, 0.2) is 0 Å². The summed E-state index contributed by atoms with van der Waals surface area (Å²) in [5, 5.41) is 16.9. The number of nitrogens with one attached hydrogen (secondary N) is 1. The van der Waals surface area contributed by atoms with Gasteiger partial charge in [-0.25, -0.2) is 0 Å². The number of benzene rings is 2. The molecule has 1 heterocycles. The van der Waals surface area contributed by atoms with Gasteiger partial charge < -0.3 is 15.4 Å². The van der Waals surface area contributed by atoms with Crippen LogP contribution in [-0.4, -0.2) is 29.3 Å². The predicted molar refractivity (Wildman–Crippen MR) is 101 cm³/mol. The third-order valence-electron chi connectivity index (χ3n) is 4.25. The fourth-order valence-corrected chi connectivity index (χ4v) is 3.36. The van der Waals surface area contributed by atoms with Gasteiger partial charge in [0.25, 0.3) is 11.5 Å². The van der Waals surface area contributed by atoms with Crippen LogP contribution in [0, 0.1) is 0 Å². The molecule has 0 aliphatic carbocycles. The highest BCUT2D eigenvalue weighted by atomic mass is 35.5. The Labute approximate surface area is 172 Å². The number of amides is 1. The molecule has 11 heteroatoms. The number of rotatable bonds is 4. The predicted octanol–water partition coefficient (Wildman–Crippen LogP) is 4.72. The molecule has 2 N–H and O–H groups in total. The molecular formula is C18H12Cl2F3N3O3. The van der Waals surface area contributed by atoms with Gasteiger partial charge in [-0.1, -0.05) is 45.6 Å². The average molecular weight is 446 g/mol. The van der Waals surface area contributed by atoms with E-state index in [1.54, 1.807) is 0 Å². The minimum atomic E-state index is -4.80. The zero-order chi connectivity index (χ0) is 21.2. The molecule has 0 radical (unpaired) electrons. The van der Waals surface area contributed by atoms with E-state index in [-0.39, 0.29) is 26.9 Å². The summed E-state index contributed by atoms with van der Waals surface area (Å²) < 4.78 is 41.9. The van der Waals surface area contributed by atoms with E-state index in [0.717, 1.165) is 18.5 Å². The third-order valence-corrected chi connectivity index (χ3v) is 4.68. The van der Waals surface area contributed by atoms with Crippen LogP contribution in [0.5, 0.6) is 0 Å². The van der Waals surface area contributed by atoms with Crippen LogP contribution in [0.15, 0.2) is 52.8 Å². The summed E-state index contributed by atoms with van der Waals surface area (Å²) in [7, 11) is 0. The maximum atomic E-state index is 14.0. The SMILES string of the molecule is O=C(N/C=N/O)c1ccc(C2=NOC(c3cc(Cl)cc(Cl)c3)(C(F)(F)F)C2)cc1. The van der Waals surface area contributed by atoms with Gasteiger partial charge in [-0.2, -0.15) is 13.2 Å². The van der Waals surface area contributed by atoms with Gasteiger partial charge in [0.1, 0.15) is 6.34 Å². The summed E-state index contributed by atoms with van der Waals surface area (Å²) in [5.41, 5.74) is -2.40. The number of hydrogen-bond donors (Lipinski definition) is 2. The molecule has 3 rings (SSSR count). The second-order valence-corrected chi connectivity index (χ2v) is 6.96. The lowest BCUT2D eigenvalue weighted by atomic mass is 9.86. The summed E-state index contributed by atoms with van der Waals surface area (Å²) in [5.74, 6) is -0.558. The van der Waals surface area contributed by atoms with Gasteiger partial charge in [0, 0.05) is 27.6 Å². The minimum absolute atomic E-state index is 0.0370. The van der Waals surface area contributed by atoms with Crippen LogP contribution in [-0.2, 0) is 10.4 Å². The molecule has 2 aromatic rings. The van der Waals surface area contributed by atoms with E-state index in [1.165, 1.54) is 30.3 Å². The Hall–Kier alpha value is -2.78. The Kier molecular flexibility index (Phi) is 5.72. The summed E-state index contributed by atoms with van der Waals surface area (Å²) in [6.45, 7) is 0. The quantitative estimate of drug-likeness (QED) is 0.309. The van der Waals surface area contributed by atoms with Gasteiger partial charge in [-0.15, -0.1) is 0 Å². The number of halogens is 5. The van der Waals surface area contributed by atoms with Gasteiger partial charge in [0.2, 0.25) is 0 Å². The zero-order valence-electron chi connectivity index (χ0n) is 14.4. The fraction of sp³-hybridized carbons (Fsp3) is 0.167. The van der Waals surface area contributed by atoms with Gasteiger partial charge in [-0.3, -0.25) is 4.79 Å². The first kappa shape index (κ1) is 20.9. The first-order chi connectivity index (χ1) is 13.7. The van der Waals surface area contributed by atoms with Crippen molar-refractivity contribution in [3.8, 4) is 0 Å². The molecular weight excluding hydrogens is 434 g/mol. The molecule has 2 aromatic carbocycles. The molecule has 0 saturated heterocycles. The lowest BCUT2D eigenvalue weighted by Crippen LogP contribution is -2.42. The van der Waals surface area contributed by atoms with Gasteiger partial charge >= 0.3 is 6.18 Å². The van der Waals surface area contributed by atoms with Crippen LogP contribution < -0.4 is 5.32 Å². The van der Waals surface area contributed by atoms with Crippen molar-refractivity contribution in [1.82, 2.24) is 5.32 Å². The van der Waals surface area contributed by atoms with Crippen molar-refractivity contribution < 1.29 is 28.0 Å². The Bertz CT molecular complexity index is 974. The Balaban J connectivity index is 1.90. The summed E-state index contributed by atoms with van der Waals surface area (Å²) in [4.78, 5) is 16.7. The van der Waals surface area contributed by atoms with E-state index >= 15 is 0 Å². The molecule has 0 saturated carbocycles. The standard InChI is InChI=1S/C18H12Cl2F3N3O3/c19-13-5-12(6-14(20)7-13)17(18(21,22)23)8-15(26-29-17)10-1-3-11(4-2-10)16(27)24-9-25-28/h1-7,9,28H,8H2,(H,24,25,27). The second kappa shape index (κ2) is 7.92. The van der Waals surface area contributed by atoms with Crippen molar-refractivity contribution in [3.63, 3.8) is 0 Å². The number of nitrogens with zero attached hydrogens (tertiary/aromatic N) is 2. The molecule has 1 atom stereocenters. The summed E-state index contributed by atoms with van der Waals surface area (Å²) in [6, 6.07) is 9.24. The van der Waals surface area contributed by atoms with Crippen LogP contribution in [0.2, 0.25) is 10.0 Å². The highest BCUT2D eigenvalue weighted by Crippen LogP contribution is 2.49. The van der Waals surface area contributed by atoms with Crippen LogP contribution in [0.1, 0.15) is 27.9 Å². The van der Waals surface area contributed by atoms with Crippen molar-refractivity contribution in [2.75, 3.05) is 0 Å². The first-order valence-electron chi connectivity index (χ1n) is 8.02. The van der Waals surface area contributed by atoms with E-state index in [2.05, 4.69) is 15.6 Å². The van der Waals surface area contributed by atoms with Crippen LogP contribution in [0.25, 0.3) is 0 Å². The van der Waals surface area contributed by atoms with Crippen molar-refractivity contribution in [3.05, 3.63) is 69.2 Å². The maximum Gasteiger partial charge on any atom is 0.435 e. The Morgan fingerprint density at radius 3 is 2.38 bits per heavy atom. The molecule has 1 amide bonds. The molecule has 1 aliphatic rings. The van der Waals surface area contributed by atoms with Gasteiger partial charge in [-0.05, 0) is 35.9 Å². The normalized spacial score (nSPS) is 19.1. The number of oxime groups is 2. The van der Waals surface area contributed by atoms with E-state index in [9.17, 15) is 18.0 Å². The molecule has 0 spiro atoms. The minimum Gasteiger partial charge on any atom is -0.410 e. The van der Waals surface area contributed by atoms with Crippen molar-refractivity contribution >= 4 is 41.2 Å². The molecule has 0 bridgehead atoms. The topological polar surface area (TPSA) is 83.3 Å². The lowest BCUT2D eigenvalue weighted by molar-refractivity contribution is -0.275. The van der Waals surface area contributed by atoms with E-state index < -0.39 is 24.1 Å². The zero-order valence-corrected chi connectivity index (χ0v) is 15.9. The Morgan fingerprint density at radius 1 is 1.21 bits per heavy atom. The van der Waals surface area contributed by atoms with Crippen molar-refractivity contribution in [2.45, 2.75) is 18.2 Å². The molecule has 1 aliphatic heterocycles. The molecule has 0 fully saturated rings. The van der Waals surface area contributed by atoms with Crippen LogP contribution >= 0.6 is 23.2 Å². The van der Waals surface area contributed by atoms with E-state index in [1.807, 2.05) is 0 Å². The number of carbonyl (C=O) groups excluding carboxylic acids is 1. The smallest absolute Gasteiger partial charge is 0.410 e. The van der Waals surface area contributed by atoms with Crippen molar-refractivity contribution in [1.29, 1.82) is 0 Å². The highest BCUT2D eigenvalue weighted by Gasteiger charge is 2.62. The number of hydrogen-bond acceptors (Lipinski definition) is 5. The summed E-state index contributed by atoms with van der Waals surface area (Å²) in [6.07, 6.45) is -4.61. The molecule has 0 aromatic heterocycles. The largest absolute Gasteiger partial charge is 0.435 e. The summed E-state index contributed by atoms with van der Waals surface area (Å²) >= 11 is 11.7. The van der Waals surface area contributed by atoms with Crippen LogP contribution in [0.4, 0.5) is 13.2 Å². The molecule has 1 unspecified atom stereocenters. The monoisotopic (exact) mass is 445 g/mol. The average Bonchev–Trinajstić information content (AvgIpc) is 3.12. The number of carbonyl (C=O) groups is 1. The fourth-order valence-electron chi connectivity index (χ4n) is 2.83. The second-order valence-electron chi connectivity index (χ2n) is 6.08.